The summed E-state index contributed by atoms with van der Waals surface area (Å²) in [5.74, 6) is -0.0356. The topological polar surface area (TPSA) is 78.9 Å². The van der Waals surface area contributed by atoms with Crippen LogP contribution in [0, 0.1) is 5.92 Å². The third kappa shape index (κ3) is 42.0. The summed E-state index contributed by atoms with van der Waals surface area (Å²) in [6, 6.07) is 0. The molecule has 6 nitrogen and oxygen atoms in total. The number of hydrogen-bond acceptors (Lipinski definition) is 6. The summed E-state index contributed by atoms with van der Waals surface area (Å²) in [6.45, 7) is 8.99. The molecule has 0 saturated carbocycles. The number of ether oxygens (including phenoxy) is 3. The van der Waals surface area contributed by atoms with Gasteiger partial charge < -0.3 is 14.2 Å². The molecule has 6 heteroatoms. The fraction of sp³-hybridized carbons (Fsp3) is 0.940. The minimum absolute atomic E-state index is 0.0637. The zero-order chi connectivity index (χ0) is 41.0. The predicted octanol–water partition coefficient (Wildman–Crippen LogP) is 15.9. The van der Waals surface area contributed by atoms with Crippen LogP contribution >= 0.6 is 0 Å². The van der Waals surface area contributed by atoms with Crippen LogP contribution in [0.3, 0.4) is 0 Å². The first-order valence-electron chi connectivity index (χ1n) is 24.9. The minimum atomic E-state index is -0.760. The van der Waals surface area contributed by atoms with E-state index in [4.69, 9.17) is 14.2 Å². The number of carbonyl (C=O) groups is 3. The highest BCUT2D eigenvalue weighted by atomic mass is 16.6. The van der Waals surface area contributed by atoms with E-state index in [1.807, 2.05) is 0 Å². The maximum Gasteiger partial charge on any atom is 0.306 e. The van der Waals surface area contributed by atoms with Gasteiger partial charge in [0.1, 0.15) is 13.2 Å². The Morgan fingerprint density at radius 1 is 0.357 bits per heavy atom. The lowest BCUT2D eigenvalue weighted by atomic mass is 10.00. The third-order valence-corrected chi connectivity index (χ3v) is 11.7. The zero-order valence-corrected chi connectivity index (χ0v) is 38.1. The fourth-order valence-electron chi connectivity index (χ4n) is 7.48. The Bertz CT molecular complexity index is 843. The van der Waals surface area contributed by atoms with Gasteiger partial charge in [-0.15, -0.1) is 0 Å². The molecule has 0 N–H and O–H groups in total. The summed E-state index contributed by atoms with van der Waals surface area (Å²) < 4.78 is 16.8. The first-order chi connectivity index (χ1) is 27.4. The largest absolute Gasteiger partial charge is 0.462 e. The van der Waals surface area contributed by atoms with Crippen molar-refractivity contribution < 1.29 is 28.6 Å². The Morgan fingerprint density at radius 2 is 0.625 bits per heavy atom. The van der Waals surface area contributed by atoms with Crippen LogP contribution in [0.4, 0.5) is 0 Å². The van der Waals surface area contributed by atoms with E-state index >= 15 is 0 Å². The second kappa shape index (κ2) is 44.5. The lowest BCUT2D eigenvalue weighted by Crippen LogP contribution is -2.30. The van der Waals surface area contributed by atoms with Gasteiger partial charge in [-0.05, 0) is 25.2 Å². The van der Waals surface area contributed by atoms with Crippen LogP contribution in [0.1, 0.15) is 278 Å². The van der Waals surface area contributed by atoms with Gasteiger partial charge >= 0.3 is 17.9 Å². The van der Waals surface area contributed by atoms with Crippen molar-refractivity contribution in [2.24, 2.45) is 5.92 Å². The van der Waals surface area contributed by atoms with Gasteiger partial charge in [-0.25, -0.2) is 0 Å². The van der Waals surface area contributed by atoms with E-state index < -0.39 is 6.10 Å². The van der Waals surface area contributed by atoms with Crippen molar-refractivity contribution in [3.05, 3.63) is 0 Å². The van der Waals surface area contributed by atoms with Crippen molar-refractivity contribution in [3.63, 3.8) is 0 Å². The number of esters is 3. The predicted molar refractivity (Wildman–Crippen MR) is 238 cm³/mol. The van der Waals surface area contributed by atoms with Crippen molar-refractivity contribution in [2.75, 3.05) is 13.2 Å². The Hall–Kier alpha value is -1.59. The van der Waals surface area contributed by atoms with E-state index in [0.717, 1.165) is 63.7 Å². The maximum absolute atomic E-state index is 12.8. The molecule has 0 aliphatic rings. The average Bonchev–Trinajstić information content (AvgIpc) is 3.19. The van der Waals surface area contributed by atoms with E-state index in [0.29, 0.717) is 19.3 Å². The molecule has 0 rings (SSSR count). The molecule has 0 bridgehead atoms. The van der Waals surface area contributed by atoms with Gasteiger partial charge in [-0.1, -0.05) is 240 Å². The summed E-state index contributed by atoms with van der Waals surface area (Å²) in [4.78, 5) is 37.8. The molecular weight excluding hydrogens is 697 g/mol. The summed E-state index contributed by atoms with van der Waals surface area (Å²) in [5.41, 5.74) is 0. The zero-order valence-electron chi connectivity index (χ0n) is 38.1. The SMILES string of the molecule is CCCCCCCCCCCCCCCCCC(=O)O[C@@H](COC(=O)CCCCCCCCCCCCCCC)COC(=O)CCCCCCCCC(C)CC. The Labute approximate surface area is 348 Å². The van der Waals surface area contributed by atoms with Crippen molar-refractivity contribution in [1.82, 2.24) is 0 Å². The van der Waals surface area contributed by atoms with Crippen LogP contribution in [-0.4, -0.2) is 37.2 Å². The van der Waals surface area contributed by atoms with Crippen molar-refractivity contribution >= 4 is 17.9 Å². The highest BCUT2D eigenvalue weighted by Gasteiger charge is 2.19. The first kappa shape index (κ1) is 54.4. The Morgan fingerprint density at radius 3 is 0.929 bits per heavy atom. The molecule has 0 aliphatic carbocycles. The van der Waals surface area contributed by atoms with E-state index in [1.165, 1.54) is 173 Å². The number of hydrogen-bond donors (Lipinski definition) is 0. The van der Waals surface area contributed by atoms with Crippen molar-refractivity contribution in [3.8, 4) is 0 Å². The van der Waals surface area contributed by atoms with Gasteiger partial charge in [0, 0.05) is 19.3 Å². The smallest absolute Gasteiger partial charge is 0.306 e. The molecule has 0 aromatic heterocycles. The third-order valence-electron chi connectivity index (χ3n) is 11.7. The first-order valence-corrected chi connectivity index (χ1v) is 24.9. The summed E-state index contributed by atoms with van der Waals surface area (Å²) in [7, 11) is 0. The second-order valence-electron chi connectivity index (χ2n) is 17.3. The van der Waals surface area contributed by atoms with Crippen LogP contribution in [0.5, 0.6) is 0 Å². The Kier molecular flexibility index (Phi) is 43.2. The molecule has 0 spiro atoms. The van der Waals surface area contributed by atoms with Gasteiger partial charge in [0.2, 0.25) is 0 Å². The van der Waals surface area contributed by atoms with Crippen molar-refractivity contribution in [1.29, 1.82) is 0 Å². The summed E-state index contributed by atoms with van der Waals surface area (Å²) >= 11 is 0. The highest BCUT2D eigenvalue weighted by molar-refractivity contribution is 5.71. The van der Waals surface area contributed by atoms with E-state index in [9.17, 15) is 14.4 Å². The second-order valence-corrected chi connectivity index (χ2v) is 17.3. The molecule has 0 radical (unpaired) electrons. The Balaban J connectivity index is 4.31. The molecule has 0 amide bonds. The molecule has 0 aromatic carbocycles. The van der Waals surface area contributed by atoms with Crippen LogP contribution in [0.25, 0.3) is 0 Å². The molecule has 1 unspecified atom stereocenters. The molecule has 0 saturated heterocycles. The lowest BCUT2D eigenvalue weighted by Gasteiger charge is -2.18. The van der Waals surface area contributed by atoms with Crippen LogP contribution in [-0.2, 0) is 28.6 Å². The van der Waals surface area contributed by atoms with Gasteiger partial charge in [-0.2, -0.15) is 0 Å². The van der Waals surface area contributed by atoms with Crippen LogP contribution < -0.4 is 0 Å². The minimum Gasteiger partial charge on any atom is -0.462 e. The molecule has 332 valence electrons. The quantitative estimate of drug-likeness (QED) is 0.0347. The maximum atomic E-state index is 12.8. The summed E-state index contributed by atoms with van der Waals surface area (Å²) in [6.07, 6.45) is 45.1. The van der Waals surface area contributed by atoms with Gasteiger partial charge in [-0.3, -0.25) is 14.4 Å². The monoisotopic (exact) mass is 793 g/mol. The fourth-order valence-corrected chi connectivity index (χ4v) is 7.48. The number of unbranched alkanes of at least 4 members (excludes halogenated alkanes) is 31. The van der Waals surface area contributed by atoms with E-state index in [2.05, 4.69) is 27.7 Å². The molecular formula is C50H96O6. The standard InChI is InChI=1S/C50H96O6/c1-5-8-10-12-14-16-18-20-21-23-25-27-29-35-39-43-50(53)56-47(45-55-49(52)42-38-34-31-30-32-36-40-46(4)7-3)44-54-48(51)41-37-33-28-26-24-22-19-17-15-13-11-9-6-2/h46-47H,5-45H2,1-4H3/t46?,47-/m0/s1. The molecule has 0 aliphatic heterocycles. The molecule has 0 heterocycles. The number of rotatable bonds is 45. The lowest BCUT2D eigenvalue weighted by molar-refractivity contribution is -0.167. The van der Waals surface area contributed by atoms with Crippen LogP contribution in [0.15, 0.2) is 0 Å². The van der Waals surface area contributed by atoms with Gasteiger partial charge in [0.25, 0.3) is 0 Å². The summed E-state index contributed by atoms with van der Waals surface area (Å²) in [5, 5.41) is 0. The van der Waals surface area contributed by atoms with Crippen LogP contribution in [0.2, 0.25) is 0 Å². The molecule has 2 atom stereocenters. The highest BCUT2D eigenvalue weighted by Crippen LogP contribution is 2.17. The molecule has 0 fully saturated rings. The van der Waals surface area contributed by atoms with E-state index in [1.54, 1.807) is 0 Å². The van der Waals surface area contributed by atoms with Gasteiger partial charge in [0.15, 0.2) is 6.10 Å². The van der Waals surface area contributed by atoms with Gasteiger partial charge in [0.05, 0.1) is 0 Å². The average molecular weight is 793 g/mol. The van der Waals surface area contributed by atoms with Crippen molar-refractivity contribution in [2.45, 2.75) is 284 Å². The molecule has 56 heavy (non-hydrogen) atoms. The van der Waals surface area contributed by atoms with E-state index in [-0.39, 0.29) is 31.1 Å². The molecule has 0 aromatic rings. The number of carbonyl (C=O) groups excluding carboxylic acids is 3. The normalized spacial score (nSPS) is 12.4.